The van der Waals surface area contributed by atoms with E-state index in [0.29, 0.717) is 29.9 Å². The molecule has 1 aromatic carbocycles. The summed E-state index contributed by atoms with van der Waals surface area (Å²) in [6.45, 7) is 2.57. The van der Waals surface area contributed by atoms with Crippen LogP contribution in [0.5, 0.6) is 5.75 Å². The zero-order valence-corrected chi connectivity index (χ0v) is 18.0. The number of hydrogen-bond acceptors (Lipinski definition) is 7. The van der Waals surface area contributed by atoms with E-state index in [2.05, 4.69) is 17.2 Å². The molecule has 0 aliphatic carbocycles. The first-order chi connectivity index (χ1) is 14.3. The van der Waals surface area contributed by atoms with Crippen molar-refractivity contribution in [2.45, 2.75) is 24.7 Å². The van der Waals surface area contributed by atoms with Gasteiger partial charge in [0.15, 0.2) is 11.7 Å². The predicted octanol–water partition coefficient (Wildman–Crippen LogP) is 1.93. The summed E-state index contributed by atoms with van der Waals surface area (Å²) in [6, 6.07) is 4.43. The number of sulfonamides is 1. The minimum Gasteiger partial charge on any atom is -0.482 e. The van der Waals surface area contributed by atoms with E-state index in [1.807, 2.05) is 0 Å². The standard InChI is InChI=1S/C19H22N4O5S2/c1-13-4-7-22(8-5-13)30(26,27)14-2-3-16-15(10-14)23(18(25)12-28-16)11-17(24)21-19-20-6-9-29-19/h2-3,6,9-10,13H,4-5,7-8,11-12H2,1H3,(H,20,21,24). The summed E-state index contributed by atoms with van der Waals surface area (Å²) >= 11 is 1.27. The minimum absolute atomic E-state index is 0.0828. The largest absolute Gasteiger partial charge is 0.482 e. The molecule has 0 saturated carbocycles. The first kappa shape index (κ1) is 20.8. The molecule has 3 heterocycles. The minimum atomic E-state index is -3.70. The van der Waals surface area contributed by atoms with Gasteiger partial charge in [-0.05, 0) is 37.0 Å². The molecule has 11 heteroatoms. The van der Waals surface area contributed by atoms with Gasteiger partial charge in [-0.15, -0.1) is 11.3 Å². The van der Waals surface area contributed by atoms with E-state index in [1.165, 1.54) is 38.7 Å². The Morgan fingerprint density at radius 1 is 1.33 bits per heavy atom. The number of fused-ring (bicyclic) bond motifs is 1. The second-order valence-corrected chi connectivity index (χ2v) is 10.2. The molecular weight excluding hydrogens is 428 g/mol. The lowest BCUT2D eigenvalue weighted by atomic mass is 10.0. The monoisotopic (exact) mass is 450 g/mol. The molecule has 1 saturated heterocycles. The van der Waals surface area contributed by atoms with Gasteiger partial charge in [-0.25, -0.2) is 13.4 Å². The summed E-state index contributed by atoms with van der Waals surface area (Å²) in [5.74, 6) is 0.0169. The highest BCUT2D eigenvalue weighted by Crippen LogP contribution is 2.35. The summed E-state index contributed by atoms with van der Waals surface area (Å²) in [5.41, 5.74) is 0.270. The first-order valence-corrected chi connectivity index (χ1v) is 11.9. The van der Waals surface area contributed by atoms with Crippen LogP contribution in [0.2, 0.25) is 0 Å². The van der Waals surface area contributed by atoms with Crippen LogP contribution in [0.25, 0.3) is 0 Å². The lowest BCUT2D eigenvalue weighted by molar-refractivity contribution is -0.123. The number of nitrogens with one attached hydrogen (secondary N) is 1. The lowest BCUT2D eigenvalue weighted by Gasteiger charge is -2.31. The zero-order valence-electron chi connectivity index (χ0n) is 16.4. The van der Waals surface area contributed by atoms with Crippen LogP contribution in [0.1, 0.15) is 19.8 Å². The number of ether oxygens (including phenoxy) is 1. The third-order valence-corrected chi connectivity index (χ3v) is 7.82. The first-order valence-electron chi connectivity index (χ1n) is 9.61. The number of rotatable bonds is 5. The van der Waals surface area contributed by atoms with Crippen LogP contribution in [0.4, 0.5) is 10.8 Å². The van der Waals surface area contributed by atoms with Crippen LogP contribution in [-0.4, -0.2) is 55.8 Å². The Morgan fingerprint density at radius 2 is 2.10 bits per heavy atom. The van der Waals surface area contributed by atoms with Crippen molar-refractivity contribution in [1.82, 2.24) is 9.29 Å². The third-order valence-electron chi connectivity index (χ3n) is 5.23. The smallest absolute Gasteiger partial charge is 0.265 e. The highest BCUT2D eigenvalue weighted by molar-refractivity contribution is 7.89. The molecule has 0 radical (unpaired) electrons. The SMILES string of the molecule is CC1CCN(S(=O)(=O)c2ccc3c(c2)N(CC(=O)Nc2nccs2)C(=O)CO3)CC1. The number of nitrogens with zero attached hydrogens (tertiary/aromatic N) is 3. The molecule has 2 aliphatic heterocycles. The maximum absolute atomic E-state index is 13.1. The second-order valence-electron chi connectivity index (χ2n) is 7.37. The maximum Gasteiger partial charge on any atom is 0.265 e. The number of carbonyl (C=O) groups is 2. The average molecular weight is 451 g/mol. The molecule has 30 heavy (non-hydrogen) atoms. The molecule has 2 aliphatic rings. The van der Waals surface area contributed by atoms with Crippen LogP contribution in [0.3, 0.4) is 0 Å². The number of anilines is 2. The van der Waals surface area contributed by atoms with Gasteiger partial charge in [-0.3, -0.25) is 14.5 Å². The number of carbonyl (C=O) groups excluding carboxylic acids is 2. The Hall–Kier alpha value is -2.50. The van der Waals surface area contributed by atoms with Crippen LogP contribution in [0, 0.1) is 5.92 Å². The Bertz CT molecular complexity index is 1050. The number of hydrogen-bond donors (Lipinski definition) is 1. The molecule has 2 aromatic rings. The summed E-state index contributed by atoms with van der Waals surface area (Å²) in [7, 11) is -3.70. The van der Waals surface area contributed by atoms with Crippen LogP contribution in [0.15, 0.2) is 34.7 Å². The molecular formula is C19H22N4O5S2. The second kappa shape index (κ2) is 8.32. The highest BCUT2D eigenvalue weighted by atomic mass is 32.2. The summed E-state index contributed by atoms with van der Waals surface area (Å²) in [6.07, 6.45) is 3.19. The van der Waals surface area contributed by atoms with E-state index in [9.17, 15) is 18.0 Å². The van der Waals surface area contributed by atoms with Gasteiger partial charge < -0.3 is 10.1 Å². The van der Waals surface area contributed by atoms with Gasteiger partial charge >= 0.3 is 0 Å². The highest BCUT2D eigenvalue weighted by Gasteiger charge is 2.32. The maximum atomic E-state index is 13.1. The lowest BCUT2D eigenvalue weighted by Crippen LogP contribution is -2.43. The topological polar surface area (TPSA) is 109 Å². The number of benzene rings is 1. The fourth-order valence-corrected chi connectivity index (χ4v) is 5.51. The van der Waals surface area contributed by atoms with E-state index in [0.717, 1.165) is 12.8 Å². The molecule has 0 bridgehead atoms. The summed E-state index contributed by atoms with van der Waals surface area (Å²) in [4.78, 5) is 30.2. The summed E-state index contributed by atoms with van der Waals surface area (Å²) in [5, 5.41) is 4.78. The Morgan fingerprint density at radius 3 is 2.80 bits per heavy atom. The van der Waals surface area contributed by atoms with Crippen LogP contribution in [-0.2, 0) is 19.6 Å². The van der Waals surface area contributed by atoms with Gasteiger partial charge in [0, 0.05) is 24.7 Å². The van der Waals surface area contributed by atoms with Gasteiger partial charge in [0.2, 0.25) is 15.9 Å². The van der Waals surface area contributed by atoms with Gasteiger partial charge in [-0.1, -0.05) is 6.92 Å². The van der Waals surface area contributed by atoms with Crippen LogP contribution >= 0.6 is 11.3 Å². The van der Waals surface area contributed by atoms with Crippen molar-refractivity contribution in [1.29, 1.82) is 0 Å². The molecule has 4 rings (SSSR count). The van der Waals surface area contributed by atoms with Crippen molar-refractivity contribution in [2.24, 2.45) is 5.92 Å². The van der Waals surface area contributed by atoms with E-state index >= 15 is 0 Å². The molecule has 1 fully saturated rings. The Balaban J connectivity index is 1.59. The van der Waals surface area contributed by atoms with E-state index in [4.69, 9.17) is 4.74 Å². The van der Waals surface area contributed by atoms with Gasteiger partial charge in [0.1, 0.15) is 12.3 Å². The van der Waals surface area contributed by atoms with Gasteiger partial charge in [-0.2, -0.15) is 4.31 Å². The number of amides is 2. The average Bonchev–Trinajstić information content (AvgIpc) is 3.23. The van der Waals surface area contributed by atoms with E-state index in [1.54, 1.807) is 11.6 Å². The van der Waals surface area contributed by atoms with Gasteiger partial charge in [0.25, 0.3) is 5.91 Å². The summed E-state index contributed by atoms with van der Waals surface area (Å²) < 4.78 is 33.1. The van der Waals surface area contributed by atoms with Crippen molar-refractivity contribution < 1.29 is 22.7 Å². The molecule has 2 amide bonds. The van der Waals surface area contributed by atoms with E-state index < -0.39 is 21.8 Å². The fourth-order valence-electron chi connectivity index (χ4n) is 3.48. The molecule has 0 atom stereocenters. The molecule has 160 valence electrons. The zero-order chi connectivity index (χ0) is 21.3. The molecule has 0 spiro atoms. The fraction of sp³-hybridized carbons (Fsp3) is 0.421. The van der Waals surface area contributed by atoms with Crippen LogP contribution < -0.4 is 15.0 Å². The molecule has 1 aromatic heterocycles. The number of piperidine rings is 1. The van der Waals surface area contributed by atoms with Gasteiger partial charge in [0.05, 0.1) is 10.6 Å². The molecule has 0 unspecified atom stereocenters. The Labute approximate surface area is 178 Å². The van der Waals surface area contributed by atoms with Crippen molar-refractivity contribution in [3.8, 4) is 5.75 Å². The van der Waals surface area contributed by atoms with Crippen molar-refractivity contribution >= 4 is 44.0 Å². The van der Waals surface area contributed by atoms with Crippen molar-refractivity contribution in [3.05, 3.63) is 29.8 Å². The van der Waals surface area contributed by atoms with E-state index in [-0.39, 0.29) is 23.7 Å². The predicted molar refractivity (Wildman–Crippen MR) is 112 cm³/mol. The third kappa shape index (κ3) is 4.18. The number of aromatic nitrogens is 1. The number of thiazole rings is 1. The molecule has 1 N–H and O–H groups in total. The normalized spacial score (nSPS) is 18.0. The Kier molecular flexibility index (Phi) is 5.76. The quantitative estimate of drug-likeness (QED) is 0.746. The molecule has 9 nitrogen and oxygen atoms in total. The van der Waals surface area contributed by atoms with Crippen molar-refractivity contribution in [2.75, 3.05) is 36.5 Å². The van der Waals surface area contributed by atoms with Crippen molar-refractivity contribution in [3.63, 3.8) is 0 Å².